The Bertz CT molecular complexity index is 302. The third kappa shape index (κ3) is 3.68. The lowest BCUT2D eigenvalue weighted by Gasteiger charge is -2.10. The molecule has 0 aromatic rings. The third-order valence-corrected chi connectivity index (χ3v) is 1.59. The minimum atomic E-state index is -2.32. The van der Waals surface area contributed by atoms with Gasteiger partial charge in [0, 0.05) is 0 Å². The summed E-state index contributed by atoms with van der Waals surface area (Å²) in [6.45, 7) is 1.55. The van der Waals surface area contributed by atoms with Crippen molar-refractivity contribution in [3.63, 3.8) is 0 Å². The van der Waals surface area contributed by atoms with Crippen LogP contribution in [0.15, 0.2) is 5.57 Å². The van der Waals surface area contributed by atoms with Gasteiger partial charge in [-0.3, -0.25) is 10.7 Å². The van der Waals surface area contributed by atoms with Crippen LogP contribution >= 0.6 is 34.8 Å². The monoisotopic (exact) mass is 256 g/mol. The van der Waals surface area contributed by atoms with Crippen molar-refractivity contribution in [2.75, 3.05) is 6.61 Å². The Balaban J connectivity index is 4.87. The highest BCUT2D eigenvalue weighted by atomic mass is 35.6. The number of nitrogens with zero attached hydrogens (tertiary/aromatic N) is 1. The standard InChI is InChI=1S/C7H5Cl3NO3/c1-2-14-6(13)4(3-11)5(12)7(8,9)10/h2H2,1H3/q-1. The predicted octanol–water partition coefficient (Wildman–Crippen LogP) is 1.65. The molecule has 4 nitrogen and oxygen atoms in total. The summed E-state index contributed by atoms with van der Waals surface area (Å²) in [6.07, 6.45) is 0. The summed E-state index contributed by atoms with van der Waals surface area (Å²) in [5, 5.41) is 8.47. The molecule has 0 aliphatic rings. The summed E-state index contributed by atoms with van der Waals surface area (Å²) in [5.74, 6) is -0.950. The van der Waals surface area contributed by atoms with Gasteiger partial charge in [0.25, 0.3) is 3.79 Å². The Hall–Kier alpha value is -0.540. The molecule has 7 heteroatoms. The molecule has 0 radical (unpaired) electrons. The summed E-state index contributed by atoms with van der Waals surface area (Å²) >= 11 is 15.6. The van der Waals surface area contributed by atoms with E-state index in [1.54, 1.807) is 0 Å². The zero-order chi connectivity index (χ0) is 11.4. The average Bonchev–Trinajstić information content (AvgIpc) is 2.04. The van der Waals surface area contributed by atoms with Crippen molar-refractivity contribution in [3.8, 4) is 0 Å². The maximum absolute atomic E-state index is 11.2. The van der Waals surface area contributed by atoms with Crippen LogP contribution < -0.4 is 0 Å². The van der Waals surface area contributed by atoms with Crippen molar-refractivity contribution < 1.29 is 14.3 Å². The zero-order valence-corrected chi connectivity index (χ0v) is 9.28. The van der Waals surface area contributed by atoms with Crippen molar-refractivity contribution in [1.82, 2.24) is 0 Å². The number of ether oxygens (including phenoxy) is 1. The molecule has 0 fully saturated rings. The number of rotatable bonds is 3. The molecule has 0 saturated heterocycles. The highest BCUT2D eigenvalue weighted by molar-refractivity contribution is 6.78. The Morgan fingerprint density at radius 1 is 1.43 bits per heavy atom. The molecular weight excluding hydrogens is 252 g/mol. The quantitative estimate of drug-likeness (QED) is 0.193. The van der Waals surface area contributed by atoms with Gasteiger partial charge in [-0.15, -0.1) is 0 Å². The van der Waals surface area contributed by atoms with Gasteiger partial charge in [-0.25, -0.2) is 4.79 Å². The van der Waals surface area contributed by atoms with E-state index < -0.39 is 21.1 Å². The first-order valence-corrected chi connectivity index (χ1v) is 4.53. The molecule has 0 heterocycles. The minimum absolute atomic E-state index is 0.0250. The number of Topliss-reactive ketones (excluding diaryl/α,β-unsaturated/α-hetero) is 1. The number of hydrogen-bond donors (Lipinski definition) is 0. The summed E-state index contributed by atoms with van der Waals surface area (Å²) < 4.78 is 2.09. The second kappa shape index (κ2) is 5.37. The molecule has 0 saturated carbocycles. The molecule has 0 N–H and O–H groups in total. The van der Waals surface area contributed by atoms with Gasteiger partial charge >= 0.3 is 5.97 Å². The first-order chi connectivity index (χ1) is 6.34. The maximum Gasteiger partial charge on any atom is 0.348 e. The lowest BCUT2D eigenvalue weighted by molar-refractivity contribution is -0.139. The lowest BCUT2D eigenvalue weighted by Crippen LogP contribution is -2.27. The summed E-state index contributed by atoms with van der Waals surface area (Å²) in [5.41, 5.74) is -0.827. The van der Waals surface area contributed by atoms with Crippen molar-refractivity contribution in [2.45, 2.75) is 10.7 Å². The van der Waals surface area contributed by atoms with Gasteiger partial charge in [-0.1, -0.05) is 34.8 Å². The van der Waals surface area contributed by atoms with Crippen LogP contribution in [-0.4, -0.2) is 28.0 Å². The van der Waals surface area contributed by atoms with Crippen LogP contribution in [0, 0.1) is 0 Å². The molecular formula is C7H5Cl3NO3-. The highest BCUT2D eigenvalue weighted by Gasteiger charge is 2.36. The number of hydrogen-bond acceptors (Lipinski definition) is 3. The number of carbonyl (C=O) groups excluding carboxylic acids is 2. The van der Waals surface area contributed by atoms with Crippen LogP contribution in [0.5, 0.6) is 0 Å². The minimum Gasteiger partial charge on any atom is -0.762 e. The first-order valence-electron chi connectivity index (χ1n) is 3.40. The van der Waals surface area contributed by atoms with Crippen LogP contribution in [-0.2, 0) is 14.3 Å². The van der Waals surface area contributed by atoms with Gasteiger partial charge in [-0.05, 0) is 6.92 Å². The van der Waals surface area contributed by atoms with E-state index >= 15 is 0 Å². The average molecular weight is 257 g/mol. The Kier molecular flexibility index (Phi) is 5.16. The third-order valence-electron chi connectivity index (χ3n) is 1.08. The van der Waals surface area contributed by atoms with Gasteiger partial charge in [0.05, 0.1) is 6.61 Å². The van der Waals surface area contributed by atoms with E-state index in [-0.39, 0.29) is 6.61 Å². The molecule has 0 aromatic carbocycles. The molecule has 0 aliphatic carbocycles. The summed E-state index contributed by atoms with van der Waals surface area (Å²) in [4.78, 5) is 22.1. The van der Waals surface area contributed by atoms with Gasteiger partial charge in [-0.2, -0.15) is 0 Å². The smallest absolute Gasteiger partial charge is 0.348 e. The molecule has 0 rings (SSSR count). The largest absolute Gasteiger partial charge is 0.762 e. The van der Waals surface area contributed by atoms with Crippen LogP contribution in [0.1, 0.15) is 6.92 Å². The molecule has 0 atom stereocenters. The molecule has 0 spiro atoms. The van der Waals surface area contributed by atoms with E-state index in [9.17, 15) is 9.59 Å². The van der Waals surface area contributed by atoms with Crippen LogP contribution in [0.25, 0.3) is 5.41 Å². The van der Waals surface area contributed by atoms with Crippen LogP contribution in [0.2, 0.25) is 0 Å². The Labute approximate surface area is 95.3 Å². The van der Waals surface area contributed by atoms with Gasteiger partial charge in [0.15, 0.2) is 0 Å². The Morgan fingerprint density at radius 3 is 2.21 bits per heavy atom. The molecule has 14 heavy (non-hydrogen) atoms. The van der Waals surface area contributed by atoms with Crippen molar-refractivity contribution in [2.24, 2.45) is 0 Å². The summed E-state index contributed by atoms with van der Waals surface area (Å²) in [6, 6.07) is 0. The molecule has 0 bridgehead atoms. The number of esters is 1. The molecule has 78 valence electrons. The van der Waals surface area contributed by atoms with Gasteiger partial charge in [0.1, 0.15) is 5.57 Å². The number of halogens is 3. The van der Waals surface area contributed by atoms with Crippen LogP contribution in [0.4, 0.5) is 0 Å². The Morgan fingerprint density at radius 2 is 1.93 bits per heavy atom. The first kappa shape index (κ1) is 13.5. The zero-order valence-electron chi connectivity index (χ0n) is 7.01. The molecule has 0 aromatic heterocycles. The fourth-order valence-electron chi connectivity index (χ4n) is 0.534. The number of ketones is 1. The van der Waals surface area contributed by atoms with E-state index in [0.717, 1.165) is 0 Å². The molecule has 0 aliphatic heterocycles. The molecule has 0 amide bonds. The van der Waals surface area contributed by atoms with E-state index in [2.05, 4.69) is 4.74 Å². The number of carbonyl (C=O) groups is 2. The molecule has 0 unspecified atom stereocenters. The van der Waals surface area contributed by atoms with E-state index in [4.69, 9.17) is 40.2 Å². The van der Waals surface area contributed by atoms with E-state index in [1.807, 2.05) is 0 Å². The predicted molar refractivity (Wildman–Crippen MR) is 53.8 cm³/mol. The van der Waals surface area contributed by atoms with Crippen LogP contribution in [0.3, 0.4) is 0 Å². The topological polar surface area (TPSA) is 65.7 Å². The second-order valence-electron chi connectivity index (χ2n) is 2.03. The van der Waals surface area contributed by atoms with Crippen molar-refractivity contribution in [1.29, 1.82) is 0 Å². The highest BCUT2D eigenvalue weighted by Crippen LogP contribution is 2.29. The van der Waals surface area contributed by atoms with Crippen molar-refractivity contribution >= 4 is 52.4 Å². The number of alkyl halides is 3. The van der Waals surface area contributed by atoms with E-state index in [0.29, 0.717) is 0 Å². The summed E-state index contributed by atoms with van der Waals surface area (Å²) in [7, 11) is 0. The SMILES string of the molecule is CCOC(=O)C(=C=[N-])C(=O)C(Cl)(Cl)Cl. The lowest BCUT2D eigenvalue weighted by atomic mass is 10.2. The van der Waals surface area contributed by atoms with Crippen molar-refractivity contribution in [3.05, 3.63) is 11.0 Å². The normalized spacial score (nSPS) is 10.3. The van der Waals surface area contributed by atoms with Gasteiger partial charge < -0.3 is 10.1 Å². The fraction of sp³-hybridized carbons (Fsp3) is 0.429. The van der Waals surface area contributed by atoms with E-state index in [1.165, 1.54) is 12.8 Å². The second-order valence-corrected chi connectivity index (χ2v) is 4.32. The van der Waals surface area contributed by atoms with Gasteiger partial charge in [0.2, 0.25) is 5.78 Å². The maximum atomic E-state index is 11.2. The fourth-order valence-corrected chi connectivity index (χ4v) is 0.818.